The molecule has 1 aromatic heterocycles. The van der Waals surface area contributed by atoms with Gasteiger partial charge in [0, 0.05) is 18.8 Å². The Bertz CT molecular complexity index is 338. The lowest BCUT2D eigenvalue weighted by Crippen LogP contribution is -2.20. The maximum Gasteiger partial charge on any atom is 0.319 e. The van der Waals surface area contributed by atoms with Crippen LogP contribution in [-0.2, 0) is 0 Å². The molecular formula is C11H17N3O2. The maximum atomic E-state index is 5.63. The van der Waals surface area contributed by atoms with Gasteiger partial charge in [0.15, 0.2) is 0 Å². The molecule has 1 saturated heterocycles. The van der Waals surface area contributed by atoms with Gasteiger partial charge < -0.3 is 14.8 Å². The molecule has 88 valence electrons. The number of nitrogens with one attached hydrogen (secondary N) is 1. The third kappa shape index (κ3) is 3.06. The van der Waals surface area contributed by atoms with E-state index in [0.717, 1.165) is 19.5 Å². The molecule has 1 N–H and O–H groups in total. The minimum Gasteiger partial charge on any atom is -0.475 e. The fourth-order valence-corrected chi connectivity index (χ4v) is 1.57. The van der Waals surface area contributed by atoms with Gasteiger partial charge in [-0.2, -0.15) is 4.98 Å². The van der Waals surface area contributed by atoms with Crippen LogP contribution in [0.3, 0.4) is 0 Å². The van der Waals surface area contributed by atoms with Crippen molar-refractivity contribution in [1.29, 1.82) is 0 Å². The summed E-state index contributed by atoms with van der Waals surface area (Å²) in [5, 5.41) is 3.23. The summed E-state index contributed by atoms with van der Waals surface area (Å²) in [7, 11) is 0. The number of hydrogen-bond acceptors (Lipinski definition) is 5. The van der Waals surface area contributed by atoms with Crippen LogP contribution < -0.4 is 14.8 Å². The normalized spacial score (nSPS) is 20.1. The quantitative estimate of drug-likeness (QED) is 0.825. The molecule has 0 spiro atoms. The monoisotopic (exact) mass is 223 g/mol. The molecule has 1 aliphatic heterocycles. The van der Waals surface area contributed by atoms with E-state index in [1.54, 1.807) is 12.3 Å². The molecule has 0 aliphatic carbocycles. The highest BCUT2D eigenvalue weighted by Crippen LogP contribution is 2.14. The number of ether oxygens (including phenoxy) is 2. The van der Waals surface area contributed by atoms with Crippen molar-refractivity contribution in [2.75, 3.05) is 13.1 Å². The zero-order chi connectivity index (χ0) is 11.4. The van der Waals surface area contributed by atoms with Crippen molar-refractivity contribution in [3.05, 3.63) is 12.3 Å². The summed E-state index contributed by atoms with van der Waals surface area (Å²) in [4.78, 5) is 8.26. The van der Waals surface area contributed by atoms with Gasteiger partial charge in [0.2, 0.25) is 5.88 Å². The molecule has 1 aromatic rings. The van der Waals surface area contributed by atoms with Crippen molar-refractivity contribution in [2.45, 2.75) is 32.5 Å². The van der Waals surface area contributed by atoms with Crippen LogP contribution in [0.2, 0.25) is 0 Å². The predicted octanol–water partition coefficient (Wildman–Crippen LogP) is 1.00. The summed E-state index contributed by atoms with van der Waals surface area (Å²) in [5.41, 5.74) is 0. The van der Waals surface area contributed by atoms with Crippen LogP contribution in [0.25, 0.3) is 0 Å². The molecule has 0 saturated carbocycles. The molecule has 16 heavy (non-hydrogen) atoms. The van der Waals surface area contributed by atoms with E-state index in [1.807, 2.05) is 13.8 Å². The van der Waals surface area contributed by atoms with Gasteiger partial charge in [-0.1, -0.05) is 0 Å². The Kier molecular flexibility index (Phi) is 3.56. The molecule has 0 bridgehead atoms. The van der Waals surface area contributed by atoms with E-state index in [-0.39, 0.29) is 12.2 Å². The summed E-state index contributed by atoms with van der Waals surface area (Å²) < 4.78 is 11.1. The zero-order valence-corrected chi connectivity index (χ0v) is 9.64. The number of nitrogens with zero attached hydrogens (tertiary/aromatic N) is 2. The summed E-state index contributed by atoms with van der Waals surface area (Å²) in [6.45, 7) is 5.78. The van der Waals surface area contributed by atoms with E-state index in [1.165, 1.54) is 0 Å². The van der Waals surface area contributed by atoms with Crippen LogP contribution in [0, 0.1) is 0 Å². The molecule has 0 radical (unpaired) electrons. The predicted molar refractivity (Wildman–Crippen MR) is 59.7 cm³/mol. The molecule has 2 rings (SSSR count). The molecule has 0 aromatic carbocycles. The highest BCUT2D eigenvalue weighted by atomic mass is 16.5. The zero-order valence-electron chi connectivity index (χ0n) is 9.64. The summed E-state index contributed by atoms with van der Waals surface area (Å²) in [6, 6.07) is 2.13. The fourth-order valence-electron chi connectivity index (χ4n) is 1.57. The third-order valence-electron chi connectivity index (χ3n) is 2.25. The summed E-state index contributed by atoms with van der Waals surface area (Å²) >= 11 is 0. The molecule has 1 unspecified atom stereocenters. The average molecular weight is 223 g/mol. The number of rotatable bonds is 4. The Morgan fingerprint density at radius 2 is 2.38 bits per heavy atom. The van der Waals surface area contributed by atoms with Crippen LogP contribution in [-0.4, -0.2) is 35.3 Å². The molecule has 2 heterocycles. The third-order valence-corrected chi connectivity index (χ3v) is 2.25. The Morgan fingerprint density at radius 3 is 3.06 bits per heavy atom. The van der Waals surface area contributed by atoms with Gasteiger partial charge in [-0.25, -0.2) is 4.98 Å². The van der Waals surface area contributed by atoms with E-state index in [9.17, 15) is 0 Å². The van der Waals surface area contributed by atoms with Crippen LogP contribution in [0.1, 0.15) is 20.3 Å². The molecule has 1 fully saturated rings. The van der Waals surface area contributed by atoms with E-state index in [2.05, 4.69) is 15.3 Å². The van der Waals surface area contributed by atoms with Crippen LogP contribution >= 0.6 is 0 Å². The van der Waals surface area contributed by atoms with E-state index < -0.39 is 0 Å². The lowest BCUT2D eigenvalue weighted by Gasteiger charge is -2.12. The van der Waals surface area contributed by atoms with Gasteiger partial charge in [-0.15, -0.1) is 0 Å². The molecule has 5 nitrogen and oxygen atoms in total. The van der Waals surface area contributed by atoms with Crippen molar-refractivity contribution >= 4 is 0 Å². The van der Waals surface area contributed by atoms with E-state index >= 15 is 0 Å². The van der Waals surface area contributed by atoms with Crippen molar-refractivity contribution < 1.29 is 9.47 Å². The molecular weight excluding hydrogens is 206 g/mol. The average Bonchev–Trinajstić information content (AvgIpc) is 2.70. The number of hydrogen-bond donors (Lipinski definition) is 1. The van der Waals surface area contributed by atoms with Crippen molar-refractivity contribution in [2.24, 2.45) is 0 Å². The summed E-state index contributed by atoms with van der Waals surface area (Å²) in [6.07, 6.45) is 2.94. The second kappa shape index (κ2) is 5.12. The number of aromatic nitrogens is 2. The molecule has 0 amide bonds. The molecule has 1 atom stereocenters. The molecule has 1 aliphatic rings. The smallest absolute Gasteiger partial charge is 0.319 e. The van der Waals surface area contributed by atoms with Gasteiger partial charge in [-0.3, -0.25) is 0 Å². The van der Waals surface area contributed by atoms with Gasteiger partial charge in [0.1, 0.15) is 6.10 Å². The highest BCUT2D eigenvalue weighted by molar-refractivity contribution is 5.11. The lowest BCUT2D eigenvalue weighted by atomic mass is 10.3. The van der Waals surface area contributed by atoms with E-state index in [0.29, 0.717) is 11.9 Å². The standard InChI is InChI=1S/C11H17N3O2/c1-8(2)15-10-4-6-13-11(14-10)16-9-3-5-12-7-9/h4,6,8-9,12H,3,5,7H2,1-2H3. The summed E-state index contributed by atoms with van der Waals surface area (Å²) in [5.74, 6) is 0.561. The lowest BCUT2D eigenvalue weighted by molar-refractivity contribution is 0.192. The minimum atomic E-state index is 0.107. The SMILES string of the molecule is CC(C)Oc1ccnc(OC2CCNC2)n1. The van der Waals surface area contributed by atoms with Crippen LogP contribution in [0.15, 0.2) is 12.3 Å². The topological polar surface area (TPSA) is 56.3 Å². The first-order valence-corrected chi connectivity index (χ1v) is 5.61. The van der Waals surface area contributed by atoms with Crippen LogP contribution in [0.4, 0.5) is 0 Å². The fraction of sp³-hybridized carbons (Fsp3) is 0.636. The minimum absolute atomic E-state index is 0.107. The second-order valence-corrected chi connectivity index (χ2v) is 4.08. The first-order chi connectivity index (χ1) is 7.74. The Morgan fingerprint density at radius 1 is 1.50 bits per heavy atom. The van der Waals surface area contributed by atoms with Gasteiger partial charge in [0.25, 0.3) is 0 Å². The second-order valence-electron chi connectivity index (χ2n) is 4.08. The first-order valence-electron chi connectivity index (χ1n) is 5.61. The van der Waals surface area contributed by atoms with Crippen molar-refractivity contribution in [3.8, 4) is 11.9 Å². The van der Waals surface area contributed by atoms with Crippen LogP contribution in [0.5, 0.6) is 11.9 Å². The van der Waals surface area contributed by atoms with Gasteiger partial charge in [-0.05, 0) is 26.8 Å². The Balaban J connectivity index is 1.97. The van der Waals surface area contributed by atoms with E-state index in [4.69, 9.17) is 9.47 Å². The van der Waals surface area contributed by atoms with Gasteiger partial charge in [0.05, 0.1) is 6.10 Å². The Hall–Kier alpha value is -1.36. The van der Waals surface area contributed by atoms with Crippen molar-refractivity contribution in [3.63, 3.8) is 0 Å². The largest absolute Gasteiger partial charge is 0.475 e. The molecule has 5 heteroatoms. The highest BCUT2D eigenvalue weighted by Gasteiger charge is 2.17. The Labute approximate surface area is 95.2 Å². The maximum absolute atomic E-state index is 5.63. The first kappa shape index (κ1) is 11.1. The van der Waals surface area contributed by atoms with Gasteiger partial charge >= 0.3 is 6.01 Å². The van der Waals surface area contributed by atoms with Crippen molar-refractivity contribution in [1.82, 2.24) is 15.3 Å².